The molecule has 34 heavy (non-hydrogen) atoms. The maximum atomic E-state index is 13.3. The molecule has 4 rings (SSSR count). The van der Waals surface area contributed by atoms with E-state index in [-0.39, 0.29) is 12.6 Å². The summed E-state index contributed by atoms with van der Waals surface area (Å²) in [6, 6.07) is 5.74. The van der Waals surface area contributed by atoms with Crippen molar-refractivity contribution in [3.05, 3.63) is 30.6 Å². The molecule has 0 bridgehead atoms. The van der Waals surface area contributed by atoms with Gasteiger partial charge in [-0.15, -0.1) is 0 Å². The van der Waals surface area contributed by atoms with Crippen molar-refractivity contribution in [3.8, 4) is 16.9 Å². The average molecular weight is 470 g/mol. The predicted octanol–water partition coefficient (Wildman–Crippen LogP) is 4.35. The van der Waals surface area contributed by atoms with Crippen molar-refractivity contribution >= 4 is 11.7 Å². The number of aliphatic hydroxyl groups excluding tert-OH is 1. The smallest absolute Gasteiger partial charge is 0.321 e. The Balaban J connectivity index is 1.46. The van der Waals surface area contributed by atoms with Crippen LogP contribution in [0.2, 0.25) is 0 Å². The third-order valence-corrected chi connectivity index (χ3v) is 7.00. The van der Waals surface area contributed by atoms with E-state index in [1.807, 2.05) is 29.3 Å². The quantitative estimate of drug-likeness (QED) is 0.455. The Hall–Kier alpha value is -2.58. The van der Waals surface area contributed by atoms with Crippen molar-refractivity contribution in [2.75, 3.05) is 51.3 Å². The van der Waals surface area contributed by atoms with E-state index in [1.165, 1.54) is 44.9 Å². The van der Waals surface area contributed by atoms with Crippen LogP contribution in [-0.2, 0) is 0 Å². The number of ether oxygens (including phenoxy) is 1. The number of nitrogens with zero attached hydrogens (tertiary/aromatic N) is 3. The second-order valence-corrected chi connectivity index (χ2v) is 9.55. The summed E-state index contributed by atoms with van der Waals surface area (Å²) in [5.41, 5.74) is 2.64. The SMILES string of the molecule is O=C(Nc1ccc(-c2cn[nH]c2)cc1OCCN1CCCC1)N(CCCO)CC1CCCCC1. The van der Waals surface area contributed by atoms with E-state index in [0.717, 1.165) is 37.3 Å². The number of H-pyrrole nitrogens is 1. The van der Waals surface area contributed by atoms with Crippen LogP contribution in [0.5, 0.6) is 5.75 Å². The first kappa shape index (κ1) is 24.5. The highest BCUT2D eigenvalue weighted by molar-refractivity contribution is 5.91. The minimum atomic E-state index is -0.125. The number of aliphatic hydroxyl groups is 1. The normalized spacial score (nSPS) is 17.1. The zero-order valence-electron chi connectivity index (χ0n) is 20.2. The largest absolute Gasteiger partial charge is 0.490 e. The Kier molecular flexibility index (Phi) is 9.21. The van der Waals surface area contributed by atoms with Gasteiger partial charge in [0.2, 0.25) is 0 Å². The Labute approximate surface area is 202 Å². The average Bonchev–Trinajstić information content (AvgIpc) is 3.58. The molecule has 2 aliphatic rings. The van der Waals surface area contributed by atoms with Gasteiger partial charge in [-0.25, -0.2) is 4.79 Å². The van der Waals surface area contributed by atoms with E-state index in [0.29, 0.717) is 36.9 Å². The summed E-state index contributed by atoms with van der Waals surface area (Å²) < 4.78 is 6.20. The molecule has 0 radical (unpaired) electrons. The van der Waals surface area contributed by atoms with Gasteiger partial charge in [-0.2, -0.15) is 5.10 Å². The molecule has 2 aromatic rings. The highest BCUT2D eigenvalue weighted by Gasteiger charge is 2.22. The third kappa shape index (κ3) is 6.96. The summed E-state index contributed by atoms with van der Waals surface area (Å²) in [5.74, 6) is 1.21. The van der Waals surface area contributed by atoms with Crippen LogP contribution in [0, 0.1) is 5.92 Å². The van der Waals surface area contributed by atoms with Crippen LogP contribution < -0.4 is 10.1 Å². The van der Waals surface area contributed by atoms with Crippen molar-refractivity contribution in [2.24, 2.45) is 5.92 Å². The standard InChI is InChI=1S/C26H39N5O3/c32-15-6-13-31(20-21-7-2-1-3-8-21)26(33)29-24-10-9-22(23-18-27-28-19-23)17-25(24)34-16-14-30-11-4-5-12-30/h9-10,17-19,21,32H,1-8,11-16,20H2,(H,27,28)(H,29,33). The minimum Gasteiger partial charge on any atom is -0.490 e. The monoisotopic (exact) mass is 469 g/mol. The molecular weight excluding hydrogens is 430 g/mol. The van der Waals surface area contributed by atoms with Crippen LogP contribution in [0.25, 0.3) is 11.1 Å². The molecule has 186 valence electrons. The molecule has 1 aliphatic heterocycles. The van der Waals surface area contributed by atoms with Gasteiger partial charge in [0, 0.05) is 38.0 Å². The van der Waals surface area contributed by atoms with Crippen molar-refractivity contribution in [3.63, 3.8) is 0 Å². The van der Waals surface area contributed by atoms with Crippen LogP contribution in [-0.4, -0.2) is 77.1 Å². The van der Waals surface area contributed by atoms with Gasteiger partial charge in [-0.1, -0.05) is 25.3 Å². The molecule has 8 nitrogen and oxygen atoms in total. The molecule has 2 fully saturated rings. The molecule has 0 spiro atoms. The number of carbonyl (C=O) groups is 1. The summed E-state index contributed by atoms with van der Waals surface area (Å²) in [7, 11) is 0. The number of aromatic nitrogens is 2. The van der Waals surface area contributed by atoms with Crippen LogP contribution in [0.15, 0.2) is 30.6 Å². The lowest BCUT2D eigenvalue weighted by Crippen LogP contribution is -2.40. The first-order valence-corrected chi connectivity index (χ1v) is 12.9. The van der Waals surface area contributed by atoms with Gasteiger partial charge in [0.1, 0.15) is 12.4 Å². The fourth-order valence-corrected chi connectivity index (χ4v) is 5.04. The summed E-state index contributed by atoms with van der Waals surface area (Å²) in [6.07, 6.45) is 12.8. The first-order chi connectivity index (χ1) is 16.7. The number of aromatic amines is 1. The number of hydrogen-bond donors (Lipinski definition) is 3. The van der Waals surface area contributed by atoms with E-state index >= 15 is 0 Å². The Bertz CT molecular complexity index is 877. The molecule has 1 saturated heterocycles. The molecule has 8 heteroatoms. The fourth-order valence-electron chi connectivity index (χ4n) is 5.04. The van der Waals surface area contributed by atoms with Gasteiger partial charge in [0.25, 0.3) is 0 Å². The number of urea groups is 1. The predicted molar refractivity (Wildman–Crippen MR) is 134 cm³/mol. The summed E-state index contributed by atoms with van der Waals surface area (Å²) in [5, 5.41) is 19.4. The third-order valence-electron chi connectivity index (χ3n) is 7.00. The van der Waals surface area contributed by atoms with Gasteiger partial charge >= 0.3 is 6.03 Å². The van der Waals surface area contributed by atoms with Crippen LogP contribution in [0.3, 0.4) is 0 Å². The van der Waals surface area contributed by atoms with Crippen molar-refractivity contribution in [1.29, 1.82) is 0 Å². The number of anilines is 1. The number of hydrogen-bond acceptors (Lipinski definition) is 5. The molecule has 1 aliphatic carbocycles. The van der Waals surface area contributed by atoms with Gasteiger partial charge in [0.15, 0.2) is 0 Å². The lowest BCUT2D eigenvalue weighted by molar-refractivity contribution is 0.181. The van der Waals surface area contributed by atoms with E-state index in [4.69, 9.17) is 4.74 Å². The minimum absolute atomic E-state index is 0.0820. The first-order valence-electron chi connectivity index (χ1n) is 12.9. The molecular formula is C26H39N5O3. The van der Waals surface area contributed by atoms with Crippen LogP contribution >= 0.6 is 0 Å². The second-order valence-electron chi connectivity index (χ2n) is 9.55. The van der Waals surface area contributed by atoms with Crippen molar-refractivity contribution in [1.82, 2.24) is 20.0 Å². The van der Waals surface area contributed by atoms with Gasteiger partial charge in [0.05, 0.1) is 11.9 Å². The molecule has 3 N–H and O–H groups in total. The lowest BCUT2D eigenvalue weighted by atomic mass is 9.89. The highest BCUT2D eigenvalue weighted by atomic mass is 16.5. The van der Waals surface area contributed by atoms with E-state index in [1.54, 1.807) is 6.20 Å². The zero-order valence-corrected chi connectivity index (χ0v) is 20.2. The molecule has 1 aromatic carbocycles. The lowest BCUT2D eigenvalue weighted by Gasteiger charge is -2.30. The number of nitrogens with one attached hydrogen (secondary N) is 2. The van der Waals surface area contributed by atoms with Crippen molar-refractivity contribution < 1.29 is 14.6 Å². The molecule has 2 heterocycles. The Morgan fingerprint density at radius 1 is 1.18 bits per heavy atom. The number of rotatable bonds is 11. The molecule has 0 atom stereocenters. The van der Waals surface area contributed by atoms with Crippen LogP contribution in [0.4, 0.5) is 10.5 Å². The Morgan fingerprint density at radius 2 is 2.00 bits per heavy atom. The van der Waals surface area contributed by atoms with Crippen LogP contribution in [0.1, 0.15) is 51.4 Å². The van der Waals surface area contributed by atoms with E-state index in [2.05, 4.69) is 20.4 Å². The molecule has 1 aromatic heterocycles. The molecule has 1 saturated carbocycles. The maximum Gasteiger partial charge on any atom is 0.321 e. The van der Waals surface area contributed by atoms with Crippen molar-refractivity contribution in [2.45, 2.75) is 51.4 Å². The molecule has 2 amide bonds. The number of carbonyl (C=O) groups excluding carboxylic acids is 1. The fraction of sp³-hybridized carbons (Fsp3) is 0.615. The highest BCUT2D eigenvalue weighted by Crippen LogP contribution is 2.31. The van der Waals surface area contributed by atoms with Gasteiger partial charge in [-0.3, -0.25) is 10.00 Å². The van der Waals surface area contributed by atoms with E-state index in [9.17, 15) is 9.90 Å². The number of amides is 2. The zero-order chi connectivity index (χ0) is 23.6. The topological polar surface area (TPSA) is 93.7 Å². The number of benzene rings is 1. The Morgan fingerprint density at radius 3 is 2.74 bits per heavy atom. The maximum absolute atomic E-state index is 13.3. The summed E-state index contributed by atoms with van der Waals surface area (Å²) in [4.78, 5) is 17.6. The summed E-state index contributed by atoms with van der Waals surface area (Å²) in [6.45, 7) is 5.09. The summed E-state index contributed by atoms with van der Waals surface area (Å²) >= 11 is 0. The van der Waals surface area contributed by atoms with Gasteiger partial charge < -0.3 is 20.1 Å². The van der Waals surface area contributed by atoms with Gasteiger partial charge in [-0.05, 0) is 68.8 Å². The number of likely N-dealkylation sites (tertiary alicyclic amines) is 1. The van der Waals surface area contributed by atoms with E-state index < -0.39 is 0 Å². The second kappa shape index (κ2) is 12.8. The molecule has 0 unspecified atom stereocenters.